The summed E-state index contributed by atoms with van der Waals surface area (Å²) >= 11 is 3.27. The summed E-state index contributed by atoms with van der Waals surface area (Å²) in [5.74, 6) is -2.31. The van der Waals surface area contributed by atoms with Gasteiger partial charge in [-0.15, -0.1) is 22.7 Å². The Balaban J connectivity index is 0.00000119. The van der Waals surface area contributed by atoms with E-state index in [4.69, 9.17) is 13.9 Å². The van der Waals surface area contributed by atoms with E-state index in [1.165, 1.54) is 42.2 Å². The Kier molecular flexibility index (Phi) is 31.5. The minimum atomic E-state index is -0.846. The van der Waals surface area contributed by atoms with Crippen molar-refractivity contribution in [2.45, 2.75) is 145 Å². The molecule has 2 atom stereocenters. The number of aryl methyl sites for hydroxylation is 2. The predicted octanol–water partition coefficient (Wildman–Crippen LogP) is 13.0. The summed E-state index contributed by atoms with van der Waals surface area (Å²) in [5, 5.41) is 29.8. The quantitative estimate of drug-likeness (QED) is 0.0339. The van der Waals surface area contributed by atoms with Crippen LogP contribution in [0.2, 0.25) is 0 Å². The van der Waals surface area contributed by atoms with E-state index in [0.717, 1.165) is 54.4 Å². The lowest BCUT2D eigenvalue weighted by Crippen LogP contribution is -2.17. The van der Waals surface area contributed by atoms with Crippen LogP contribution in [0.3, 0.4) is 0 Å². The number of rotatable bonds is 24. The van der Waals surface area contributed by atoms with Gasteiger partial charge >= 0.3 is 23.2 Å². The third-order valence-corrected chi connectivity index (χ3v) is 12.8. The molecule has 0 aliphatic carbocycles. The molecule has 0 aromatic carbocycles. The Labute approximate surface area is 422 Å². The number of aliphatic hydroxyl groups excluding tert-OH is 1. The van der Waals surface area contributed by atoms with Crippen molar-refractivity contribution in [2.75, 3.05) is 20.8 Å². The second-order valence-electron chi connectivity index (χ2n) is 15.8. The number of aromatic hydroxyl groups is 2. The highest BCUT2D eigenvalue weighted by molar-refractivity contribution is 7.13. The van der Waals surface area contributed by atoms with Gasteiger partial charge in [0.15, 0.2) is 11.6 Å². The van der Waals surface area contributed by atoms with Crippen LogP contribution >= 0.6 is 22.7 Å². The number of hydrogen-bond acceptors (Lipinski definition) is 15. The molecule has 0 fully saturated rings. The molecule has 0 radical (unpaired) electrons. The van der Waals surface area contributed by atoms with Crippen LogP contribution in [-0.4, -0.2) is 59.7 Å². The van der Waals surface area contributed by atoms with Crippen LogP contribution in [-0.2, 0) is 31.9 Å². The van der Waals surface area contributed by atoms with E-state index < -0.39 is 34.8 Å². The standard InChI is InChI=1S/C26H32O6S.C23H30O5S.C4H6O2.2CH4/c1-5-7-11-19-13-14-20(33-19)15-18(6-2)25(29)24-21(27)16-22(32-26(24)30)17(3)10-8-9-12-23(28)31-4;1-4-6-9-17-10-11-18(29-17)13-16(5-2)22(26)21-19(25)14-20(28-23(21)27)15(3)8-7-12-24;1-3-4(5)6-2;;/h9,12-17,27H,5-8,10-11H2,1-4H3;10-11,13-15,24-25H,4-9,12H2,1-3H3;3H,1H2,2H3;2*1H4/b12-9+,18-15?;;;;. The molecule has 4 heterocycles. The van der Waals surface area contributed by atoms with Gasteiger partial charge in [-0.2, -0.15) is 0 Å². The minimum absolute atomic E-state index is 0. The van der Waals surface area contributed by atoms with Crippen LogP contribution < -0.4 is 11.3 Å². The number of Topliss-reactive ketones (excluding diaryl/α,β-unsaturated/α-hetero) is 2. The van der Waals surface area contributed by atoms with Crippen LogP contribution in [0.15, 0.2) is 90.8 Å². The Hall–Kier alpha value is -5.90. The van der Waals surface area contributed by atoms with E-state index >= 15 is 0 Å². The van der Waals surface area contributed by atoms with Crippen LogP contribution in [0, 0.1) is 0 Å². The summed E-state index contributed by atoms with van der Waals surface area (Å²) < 4.78 is 19.4. The largest absolute Gasteiger partial charge is 0.507 e. The van der Waals surface area contributed by atoms with Crippen molar-refractivity contribution in [2.24, 2.45) is 0 Å². The zero-order valence-corrected chi connectivity index (χ0v) is 42.3. The number of thiophene rings is 2. The Morgan fingerprint density at radius 3 is 1.46 bits per heavy atom. The summed E-state index contributed by atoms with van der Waals surface area (Å²) in [6.45, 7) is 14.9. The van der Waals surface area contributed by atoms with Crippen LogP contribution in [0.5, 0.6) is 11.5 Å². The number of carbonyl (C=O) groups excluding carboxylic acids is 4. The van der Waals surface area contributed by atoms with E-state index in [9.17, 15) is 39.0 Å². The number of unbranched alkanes of at least 4 members (excludes halogenated alkanes) is 2. The molecule has 0 aliphatic heterocycles. The highest BCUT2D eigenvalue weighted by atomic mass is 32.1. The molecular weight excluding hydrogens is 933 g/mol. The third kappa shape index (κ3) is 21.0. The predicted molar refractivity (Wildman–Crippen MR) is 284 cm³/mol. The maximum absolute atomic E-state index is 13.0. The molecule has 3 N–H and O–H groups in total. The Bertz CT molecular complexity index is 2480. The maximum atomic E-state index is 13.0. The summed E-state index contributed by atoms with van der Waals surface area (Å²) in [6.07, 6.45) is 17.4. The topological polar surface area (TPSA) is 208 Å². The van der Waals surface area contributed by atoms with E-state index in [-0.39, 0.29) is 55.9 Å². The van der Waals surface area contributed by atoms with E-state index in [1.54, 1.807) is 40.9 Å². The molecule has 4 aromatic heterocycles. The summed E-state index contributed by atoms with van der Waals surface area (Å²) in [5.41, 5.74) is -1.43. The highest BCUT2D eigenvalue weighted by Gasteiger charge is 2.25. The average Bonchev–Trinajstić information content (AvgIpc) is 3.99. The molecule has 0 saturated heterocycles. The molecule has 0 aliphatic rings. The summed E-state index contributed by atoms with van der Waals surface area (Å²) in [4.78, 5) is 76.4. The number of carbonyl (C=O) groups is 4. The number of hydrogen-bond donors (Lipinski definition) is 3. The monoisotopic (exact) mass is 1010 g/mol. The molecule has 70 heavy (non-hydrogen) atoms. The molecule has 4 rings (SSSR count). The van der Waals surface area contributed by atoms with Crippen molar-refractivity contribution >= 4 is 58.3 Å². The Morgan fingerprint density at radius 2 is 1.11 bits per heavy atom. The molecule has 0 spiro atoms. The first-order valence-electron chi connectivity index (χ1n) is 23.0. The van der Waals surface area contributed by atoms with Crippen LogP contribution in [0.4, 0.5) is 0 Å². The minimum Gasteiger partial charge on any atom is -0.507 e. The fourth-order valence-corrected chi connectivity index (χ4v) is 8.54. The van der Waals surface area contributed by atoms with Gasteiger partial charge in [-0.25, -0.2) is 19.2 Å². The van der Waals surface area contributed by atoms with Crippen molar-refractivity contribution in [3.63, 3.8) is 0 Å². The fraction of sp³-hybridized carbons (Fsp3) is 0.455. The number of ether oxygens (including phenoxy) is 2. The van der Waals surface area contributed by atoms with E-state index in [2.05, 4.69) is 42.0 Å². The molecule has 386 valence electrons. The number of esters is 2. The first-order chi connectivity index (χ1) is 32.5. The second-order valence-corrected chi connectivity index (χ2v) is 18.2. The van der Waals surface area contributed by atoms with Gasteiger partial charge in [0.05, 0.1) is 14.2 Å². The SMILES string of the molecule is C.C.C=CC(=O)OC.CCCCc1ccc(C=C(CC)C(=O)c2c(O)cc(C(C)CC/C=C/C(=O)OC)oc2=O)s1.CCCCc1ccc(C=C(CC)C(=O)c2c(O)cc(C(C)CCCO)oc2=O)s1. The molecule has 2 unspecified atom stereocenters. The average molecular weight is 1010 g/mol. The zero-order valence-electron chi connectivity index (χ0n) is 40.6. The van der Waals surface area contributed by atoms with Gasteiger partial charge < -0.3 is 33.6 Å². The first kappa shape index (κ1) is 64.1. The summed E-state index contributed by atoms with van der Waals surface area (Å²) in [7, 11) is 2.62. The van der Waals surface area contributed by atoms with Crippen molar-refractivity contribution in [1.29, 1.82) is 0 Å². The van der Waals surface area contributed by atoms with Gasteiger partial charge in [-0.05, 0) is 101 Å². The summed E-state index contributed by atoms with van der Waals surface area (Å²) in [6, 6.07) is 10.8. The number of aliphatic hydroxyl groups is 1. The van der Waals surface area contributed by atoms with Crippen LogP contribution in [0.25, 0.3) is 12.2 Å². The first-order valence-corrected chi connectivity index (χ1v) is 24.6. The zero-order chi connectivity index (χ0) is 50.8. The lowest BCUT2D eigenvalue weighted by Gasteiger charge is -2.11. The van der Waals surface area contributed by atoms with Crippen molar-refractivity contribution in [3.05, 3.63) is 135 Å². The fourth-order valence-electron chi connectivity index (χ4n) is 6.50. The number of methoxy groups -OCH3 is 2. The smallest absolute Gasteiger partial charge is 0.351 e. The molecule has 4 aromatic rings. The van der Waals surface area contributed by atoms with Gasteiger partial charge in [-0.1, -0.05) is 81.9 Å². The Morgan fingerprint density at radius 1 is 0.686 bits per heavy atom. The van der Waals surface area contributed by atoms with Gasteiger partial charge in [-0.3, -0.25) is 9.59 Å². The van der Waals surface area contributed by atoms with Crippen LogP contribution in [0.1, 0.15) is 184 Å². The molecule has 13 nitrogen and oxygen atoms in total. The lowest BCUT2D eigenvalue weighted by atomic mass is 9.98. The molecule has 15 heteroatoms. The van der Waals surface area contributed by atoms with Gasteiger partial charge in [0.25, 0.3) is 0 Å². The molecule has 0 saturated carbocycles. The molecule has 0 bridgehead atoms. The lowest BCUT2D eigenvalue weighted by molar-refractivity contribution is -0.135. The van der Waals surface area contributed by atoms with E-state index in [0.29, 0.717) is 61.2 Å². The normalized spacial score (nSPS) is 12.0. The number of ketones is 2. The maximum Gasteiger partial charge on any atom is 0.351 e. The molecular formula is C55H76O13S2. The van der Waals surface area contributed by atoms with Crippen molar-refractivity contribution in [3.8, 4) is 11.5 Å². The van der Waals surface area contributed by atoms with Crippen molar-refractivity contribution < 1.29 is 52.8 Å². The van der Waals surface area contributed by atoms with E-state index in [1.807, 2.05) is 39.8 Å². The second kappa shape index (κ2) is 34.4. The van der Waals surface area contributed by atoms with Gasteiger partial charge in [0.1, 0.15) is 34.1 Å². The van der Waals surface area contributed by atoms with Crippen molar-refractivity contribution in [1.82, 2.24) is 0 Å². The third-order valence-electron chi connectivity index (χ3n) is 10.6. The molecule has 0 amide bonds. The number of allylic oxidation sites excluding steroid dienone is 3. The van der Waals surface area contributed by atoms with Gasteiger partial charge in [0, 0.05) is 73.4 Å². The highest BCUT2D eigenvalue weighted by Crippen LogP contribution is 2.30. The van der Waals surface area contributed by atoms with Gasteiger partial charge in [0.2, 0.25) is 0 Å².